The molecule has 0 aliphatic carbocycles. The van der Waals surface area contributed by atoms with E-state index in [0.717, 1.165) is 0 Å². The first-order valence-electron chi connectivity index (χ1n) is 7.34. The number of hydrogen-bond acceptors (Lipinski definition) is 6. The zero-order valence-corrected chi connectivity index (χ0v) is 17.4. The zero-order valence-electron chi connectivity index (χ0n) is 13.9. The summed E-state index contributed by atoms with van der Waals surface area (Å²) in [6.07, 6.45) is 0.813. The monoisotopic (exact) mass is 381 g/mol. The van der Waals surface area contributed by atoms with E-state index in [1.54, 1.807) is 13.8 Å². The number of allylic oxidation sites excluding steroid dienone is 1. The van der Waals surface area contributed by atoms with Crippen LogP contribution in [0.2, 0.25) is 0 Å². The van der Waals surface area contributed by atoms with Gasteiger partial charge in [0.15, 0.2) is 5.11 Å². The SMILES string of the molecule is CCN1C(=O)C(=C2CCC(Cl)N2CC(=O)[O-])C(=O)N(CC)C1=S.[Na+]. The van der Waals surface area contributed by atoms with E-state index in [-0.39, 0.29) is 40.2 Å². The number of halogens is 1. The fourth-order valence-corrected chi connectivity index (χ4v) is 3.53. The molecule has 10 heteroatoms. The molecule has 2 aliphatic rings. The molecule has 2 rings (SSSR count). The smallest absolute Gasteiger partial charge is 0.548 e. The first-order chi connectivity index (χ1) is 10.8. The van der Waals surface area contributed by atoms with Crippen molar-refractivity contribution in [3.8, 4) is 0 Å². The fraction of sp³-hybridized carbons (Fsp3) is 0.571. The van der Waals surface area contributed by atoms with E-state index in [9.17, 15) is 19.5 Å². The summed E-state index contributed by atoms with van der Waals surface area (Å²) in [6.45, 7) is 3.70. The van der Waals surface area contributed by atoms with Crippen LogP contribution in [-0.2, 0) is 14.4 Å². The Hall–Kier alpha value is -0.670. The van der Waals surface area contributed by atoms with Crippen LogP contribution in [-0.4, -0.2) is 62.7 Å². The third-order valence-electron chi connectivity index (χ3n) is 3.90. The molecule has 24 heavy (non-hydrogen) atoms. The molecule has 0 spiro atoms. The molecule has 0 saturated carbocycles. The molecule has 7 nitrogen and oxygen atoms in total. The minimum Gasteiger partial charge on any atom is -0.548 e. The number of carboxylic acid groups (broad SMARTS) is 1. The molecule has 126 valence electrons. The van der Waals surface area contributed by atoms with Crippen LogP contribution in [0.15, 0.2) is 11.3 Å². The normalized spacial score (nSPS) is 21.5. The Kier molecular flexibility index (Phi) is 7.68. The van der Waals surface area contributed by atoms with Gasteiger partial charge in [-0.05, 0) is 38.9 Å². The molecule has 0 radical (unpaired) electrons. The maximum absolute atomic E-state index is 12.7. The number of carboxylic acids is 1. The van der Waals surface area contributed by atoms with Crippen molar-refractivity contribution < 1.29 is 49.0 Å². The summed E-state index contributed by atoms with van der Waals surface area (Å²) in [5.41, 5.74) is -0.287. The number of rotatable bonds is 4. The van der Waals surface area contributed by atoms with Gasteiger partial charge in [-0.2, -0.15) is 0 Å². The average Bonchev–Trinajstić information content (AvgIpc) is 2.81. The van der Waals surface area contributed by atoms with Gasteiger partial charge in [-0.25, -0.2) is 0 Å². The molecule has 0 aromatic heterocycles. The Bertz CT molecular complexity index is 585. The van der Waals surface area contributed by atoms with E-state index in [4.69, 9.17) is 23.8 Å². The molecule has 0 aromatic rings. The first-order valence-corrected chi connectivity index (χ1v) is 8.19. The Morgan fingerprint density at radius 2 is 1.75 bits per heavy atom. The summed E-state index contributed by atoms with van der Waals surface area (Å²) in [5.74, 6) is -2.32. The van der Waals surface area contributed by atoms with Crippen molar-refractivity contribution in [2.24, 2.45) is 0 Å². The summed E-state index contributed by atoms with van der Waals surface area (Å²) >= 11 is 11.3. The number of amides is 2. The van der Waals surface area contributed by atoms with Crippen LogP contribution in [0.5, 0.6) is 0 Å². The molecule has 0 bridgehead atoms. The second-order valence-corrected chi connectivity index (χ2v) is 6.05. The van der Waals surface area contributed by atoms with Crippen LogP contribution in [0, 0.1) is 0 Å². The summed E-state index contributed by atoms with van der Waals surface area (Å²) in [4.78, 5) is 40.3. The maximum atomic E-state index is 12.7. The molecule has 1 unspecified atom stereocenters. The van der Waals surface area contributed by atoms with Crippen LogP contribution < -0.4 is 34.7 Å². The number of thiocarbonyl (C=S) groups is 1. The summed E-state index contributed by atoms with van der Waals surface area (Å²) < 4.78 is 0. The van der Waals surface area contributed by atoms with Crippen molar-refractivity contribution in [3.63, 3.8) is 0 Å². The Morgan fingerprint density at radius 3 is 2.17 bits per heavy atom. The fourth-order valence-electron chi connectivity index (χ4n) is 2.81. The number of hydrogen-bond donors (Lipinski definition) is 0. The second kappa shape index (κ2) is 8.62. The second-order valence-electron chi connectivity index (χ2n) is 5.18. The van der Waals surface area contributed by atoms with Gasteiger partial charge in [-0.3, -0.25) is 19.4 Å². The van der Waals surface area contributed by atoms with Gasteiger partial charge in [-0.15, -0.1) is 0 Å². The largest absolute Gasteiger partial charge is 1.00 e. The van der Waals surface area contributed by atoms with Crippen LogP contribution in [0.1, 0.15) is 26.7 Å². The molecule has 0 aromatic carbocycles. The van der Waals surface area contributed by atoms with Crippen molar-refractivity contribution in [2.45, 2.75) is 32.2 Å². The number of carbonyl (C=O) groups is 3. The quantitative estimate of drug-likeness (QED) is 0.126. The topological polar surface area (TPSA) is 84.0 Å². The number of likely N-dealkylation sites (N-methyl/N-ethyl adjacent to an activating group) is 2. The molecular weight excluding hydrogens is 365 g/mol. The molecule has 2 fully saturated rings. The summed E-state index contributed by atoms with van der Waals surface area (Å²) in [6, 6.07) is 0. The van der Waals surface area contributed by atoms with E-state index in [1.807, 2.05) is 0 Å². The minimum atomic E-state index is -1.32. The number of carbonyl (C=O) groups excluding carboxylic acids is 3. The van der Waals surface area contributed by atoms with Gasteiger partial charge < -0.3 is 14.8 Å². The summed E-state index contributed by atoms with van der Waals surface area (Å²) in [5, 5.41) is 11.1. The van der Waals surface area contributed by atoms with Crippen LogP contribution in [0.3, 0.4) is 0 Å². The number of aliphatic carboxylic acids is 1. The van der Waals surface area contributed by atoms with E-state index >= 15 is 0 Å². The van der Waals surface area contributed by atoms with Crippen LogP contribution >= 0.6 is 23.8 Å². The van der Waals surface area contributed by atoms with E-state index in [2.05, 4.69) is 0 Å². The minimum absolute atomic E-state index is 0. The van der Waals surface area contributed by atoms with Gasteiger partial charge in [0.2, 0.25) is 0 Å². The third kappa shape index (κ3) is 3.77. The maximum Gasteiger partial charge on any atom is 1.00 e. The molecule has 2 heterocycles. The number of alkyl halides is 1. The van der Waals surface area contributed by atoms with E-state index in [0.29, 0.717) is 31.6 Å². The molecule has 2 aliphatic heterocycles. The predicted molar refractivity (Wildman–Crippen MR) is 85.0 cm³/mol. The van der Waals surface area contributed by atoms with Crippen molar-refractivity contribution in [1.29, 1.82) is 0 Å². The van der Waals surface area contributed by atoms with Gasteiger partial charge in [-0.1, -0.05) is 11.6 Å². The van der Waals surface area contributed by atoms with Crippen molar-refractivity contribution >= 4 is 46.7 Å². The summed E-state index contributed by atoms with van der Waals surface area (Å²) in [7, 11) is 0. The van der Waals surface area contributed by atoms with Gasteiger partial charge in [0, 0.05) is 18.8 Å². The molecule has 1 atom stereocenters. The van der Waals surface area contributed by atoms with E-state index < -0.39 is 29.8 Å². The standard InChI is InChI=1S/C14H18ClN3O4S.Na/c1-3-16-12(21)11(13(22)17(4-2)14(16)23)8-5-6-9(15)18(8)7-10(19)20;/h9H,3-7H2,1-2H3,(H,19,20);/q;+1/p-1. The van der Waals surface area contributed by atoms with Crippen molar-refractivity contribution in [2.75, 3.05) is 19.6 Å². The molecule has 0 N–H and O–H groups in total. The van der Waals surface area contributed by atoms with Crippen LogP contribution in [0.25, 0.3) is 0 Å². The third-order valence-corrected chi connectivity index (χ3v) is 4.80. The van der Waals surface area contributed by atoms with Gasteiger partial charge in [0.25, 0.3) is 11.8 Å². The Morgan fingerprint density at radius 1 is 1.25 bits per heavy atom. The van der Waals surface area contributed by atoms with Crippen LogP contribution in [0.4, 0.5) is 0 Å². The Labute approximate surface area is 172 Å². The number of nitrogens with zero attached hydrogens (tertiary/aromatic N) is 3. The van der Waals surface area contributed by atoms with E-state index in [1.165, 1.54) is 14.7 Å². The zero-order chi connectivity index (χ0) is 17.3. The molecule has 2 saturated heterocycles. The van der Waals surface area contributed by atoms with Crippen molar-refractivity contribution in [1.82, 2.24) is 14.7 Å². The Balaban J connectivity index is 0.00000288. The average molecular weight is 382 g/mol. The van der Waals surface area contributed by atoms with Gasteiger partial charge in [0.1, 0.15) is 11.1 Å². The molecule has 2 amide bonds. The van der Waals surface area contributed by atoms with Gasteiger partial charge in [0.05, 0.1) is 12.5 Å². The number of likely N-dealkylation sites (tertiary alicyclic amines) is 1. The molecular formula is C14H17ClN3NaO4S. The predicted octanol–water partition coefficient (Wildman–Crippen LogP) is -3.35. The van der Waals surface area contributed by atoms with Crippen molar-refractivity contribution in [3.05, 3.63) is 11.3 Å². The van der Waals surface area contributed by atoms with Gasteiger partial charge >= 0.3 is 29.6 Å². The first kappa shape index (κ1) is 21.4.